The third kappa shape index (κ3) is 2.48. The van der Waals surface area contributed by atoms with Gasteiger partial charge in [0, 0.05) is 25.8 Å². The van der Waals surface area contributed by atoms with Gasteiger partial charge < -0.3 is 10.6 Å². The van der Waals surface area contributed by atoms with Crippen molar-refractivity contribution in [1.29, 1.82) is 0 Å². The van der Waals surface area contributed by atoms with Gasteiger partial charge >= 0.3 is 6.18 Å². The fraction of sp³-hybridized carbons (Fsp3) is 0.556. The molecule has 0 saturated carbocycles. The second-order valence-electron chi connectivity index (χ2n) is 3.51. The van der Waals surface area contributed by atoms with Crippen LogP contribution < -0.4 is 10.6 Å². The van der Waals surface area contributed by atoms with E-state index < -0.39 is 11.9 Å². The fourth-order valence-corrected chi connectivity index (χ4v) is 1.54. The van der Waals surface area contributed by atoms with E-state index in [1.807, 2.05) is 0 Å². The van der Waals surface area contributed by atoms with Gasteiger partial charge in [0.05, 0.1) is 6.04 Å². The minimum Gasteiger partial charge on any atom is -0.313 e. The van der Waals surface area contributed by atoms with Crippen LogP contribution in [0.15, 0.2) is 12.3 Å². The molecule has 2 heterocycles. The first-order valence-electron chi connectivity index (χ1n) is 4.91. The summed E-state index contributed by atoms with van der Waals surface area (Å²) in [5.74, 6) is 0.182. The normalized spacial score (nSPS) is 22.1. The maximum absolute atomic E-state index is 12.4. The molecular formula is C9H11F3N4. The van der Waals surface area contributed by atoms with Crippen molar-refractivity contribution < 1.29 is 13.2 Å². The van der Waals surface area contributed by atoms with Gasteiger partial charge in [0.1, 0.15) is 11.5 Å². The third-order valence-corrected chi connectivity index (χ3v) is 2.32. The highest BCUT2D eigenvalue weighted by Gasteiger charge is 2.33. The first-order chi connectivity index (χ1) is 7.57. The summed E-state index contributed by atoms with van der Waals surface area (Å²) >= 11 is 0. The number of alkyl halides is 3. The molecule has 0 aliphatic carbocycles. The predicted octanol–water partition coefficient (Wildman–Crippen LogP) is 0.729. The van der Waals surface area contributed by atoms with Crippen molar-refractivity contribution in [1.82, 2.24) is 20.6 Å². The molecule has 2 N–H and O–H groups in total. The van der Waals surface area contributed by atoms with Gasteiger partial charge in [-0.3, -0.25) is 0 Å². The SMILES string of the molecule is FC(F)(F)c1ccnc(C2CNCCN2)n1. The van der Waals surface area contributed by atoms with E-state index in [2.05, 4.69) is 20.6 Å². The summed E-state index contributed by atoms with van der Waals surface area (Å²) in [5.41, 5.74) is -0.898. The van der Waals surface area contributed by atoms with Crippen molar-refractivity contribution in [2.75, 3.05) is 19.6 Å². The Morgan fingerprint density at radius 3 is 2.75 bits per heavy atom. The molecule has 0 aromatic carbocycles. The van der Waals surface area contributed by atoms with Crippen LogP contribution in [0.4, 0.5) is 13.2 Å². The second-order valence-corrected chi connectivity index (χ2v) is 3.51. The lowest BCUT2D eigenvalue weighted by Crippen LogP contribution is -2.43. The number of hydrogen-bond donors (Lipinski definition) is 2. The minimum absolute atomic E-state index is 0.182. The Bertz CT molecular complexity index is 360. The molecule has 1 saturated heterocycles. The molecule has 16 heavy (non-hydrogen) atoms. The first-order valence-corrected chi connectivity index (χ1v) is 4.91. The predicted molar refractivity (Wildman–Crippen MR) is 50.6 cm³/mol. The number of halogens is 3. The zero-order valence-corrected chi connectivity index (χ0v) is 8.38. The average Bonchev–Trinajstić information content (AvgIpc) is 2.29. The molecule has 0 spiro atoms. The van der Waals surface area contributed by atoms with E-state index in [1.54, 1.807) is 0 Å². The lowest BCUT2D eigenvalue weighted by Gasteiger charge is -2.23. The Kier molecular flexibility index (Phi) is 3.06. The van der Waals surface area contributed by atoms with E-state index in [9.17, 15) is 13.2 Å². The van der Waals surface area contributed by atoms with Crippen molar-refractivity contribution in [3.05, 3.63) is 23.8 Å². The van der Waals surface area contributed by atoms with Gasteiger partial charge in [-0.1, -0.05) is 0 Å². The Morgan fingerprint density at radius 1 is 1.31 bits per heavy atom. The molecule has 0 radical (unpaired) electrons. The number of aromatic nitrogens is 2. The van der Waals surface area contributed by atoms with Crippen LogP contribution in [0.2, 0.25) is 0 Å². The molecule has 0 amide bonds. The number of rotatable bonds is 1. The van der Waals surface area contributed by atoms with Crippen molar-refractivity contribution in [3.8, 4) is 0 Å². The minimum atomic E-state index is -4.42. The molecule has 4 nitrogen and oxygen atoms in total. The zero-order chi connectivity index (χ0) is 11.6. The van der Waals surface area contributed by atoms with E-state index >= 15 is 0 Å². The molecular weight excluding hydrogens is 221 g/mol. The molecule has 2 rings (SSSR count). The van der Waals surface area contributed by atoms with E-state index in [0.717, 1.165) is 18.8 Å². The third-order valence-electron chi connectivity index (χ3n) is 2.32. The molecule has 1 aromatic heterocycles. The van der Waals surface area contributed by atoms with Gasteiger partial charge in [-0.15, -0.1) is 0 Å². The summed E-state index contributed by atoms with van der Waals surface area (Å²) < 4.78 is 37.2. The van der Waals surface area contributed by atoms with Crippen LogP contribution in [-0.4, -0.2) is 29.6 Å². The Hall–Kier alpha value is -1.21. The van der Waals surface area contributed by atoms with Crippen LogP contribution in [0.3, 0.4) is 0 Å². The summed E-state index contributed by atoms with van der Waals surface area (Å²) in [6, 6.07) is 0.621. The van der Waals surface area contributed by atoms with Gasteiger partial charge in [0.2, 0.25) is 0 Å². The Morgan fingerprint density at radius 2 is 2.12 bits per heavy atom. The standard InChI is InChI=1S/C9H11F3N4/c10-9(11,12)7-1-2-15-8(16-7)6-5-13-3-4-14-6/h1-2,6,13-14H,3-5H2. The number of piperazine rings is 1. The van der Waals surface area contributed by atoms with Crippen molar-refractivity contribution >= 4 is 0 Å². The summed E-state index contributed by atoms with van der Waals surface area (Å²) in [6.45, 7) is 2.04. The van der Waals surface area contributed by atoms with Crippen LogP contribution >= 0.6 is 0 Å². The Labute approximate surface area is 90.3 Å². The lowest BCUT2D eigenvalue weighted by molar-refractivity contribution is -0.141. The fourth-order valence-electron chi connectivity index (χ4n) is 1.54. The highest BCUT2D eigenvalue weighted by molar-refractivity contribution is 5.09. The molecule has 0 bridgehead atoms. The quantitative estimate of drug-likeness (QED) is 0.749. The van der Waals surface area contributed by atoms with Crippen LogP contribution in [0.25, 0.3) is 0 Å². The summed E-state index contributed by atoms with van der Waals surface area (Å²) in [5, 5.41) is 6.13. The monoisotopic (exact) mass is 232 g/mol. The summed E-state index contributed by atoms with van der Waals surface area (Å²) in [6.07, 6.45) is -3.28. The van der Waals surface area contributed by atoms with E-state index in [0.29, 0.717) is 13.1 Å². The Balaban J connectivity index is 2.21. The number of nitrogens with one attached hydrogen (secondary N) is 2. The van der Waals surface area contributed by atoms with Crippen molar-refractivity contribution in [3.63, 3.8) is 0 Å². The number of nitrogens with zero attached hydrogens (tertiary/aromatic N) is 2. The molecule has 1 aliphatic rings. The van der Waals surface area contributed by atoms with E-state index in [4.69, 9.17) is 0 Å². The van der Waals surface area contributed by atoms with Crippen molar-refractivity contribution in [2.45, 2.75) is 12.2 Å². The number of hydrogen-bond acceptors (Lipinski definition) is 4. The summed E-state index contributed by atoms with van der Waals surface area (Å²) in [4.78, 5) is 7.39. The maximum Gasteiger partial charge on any atom is 0.433 e. The molecule has 1 unspecified atom stereocenters. The van der Waals surface area contributed by atoms with E-state index in [1.165, 1.54) is 0 Å². The highest BCUT2D eigenvalue weighted by Crippen LogP contribution is 2.27. The average molecular weight is 232 g/mol. The molecule has 1 aromatic rings. The van der Waals surface area contributed by atoms with E-state index in [-0.39, 0.29) is 11.9 Å². The molecule has 1 atom stereocenters. The lowest BCUT2D eigenvalue weighted by atomic mass is 10.2. The van der Waals surface area contributed by atoms with Gasteiger partial charge in [-0.25, -0.2) is 9.97 Å². The van der Waals surface area contributed by atoms with Gasteiger partial charge in [0.25, 0.3) is 0 Å². The first kappa shape index (κ1) is 11.3. The smallest absolute Gasteiger partial charge is 0.313 e. The van der Waals surface area contributed by atoms with Gasteiger partial charge in [0.15, 0.2) is 0 Å². The van der Waals surface area contributed by atoms with Crippen LogP contribution in [-0.2, 0) is 6.18 Å². The molecule has 7 heteroatoms. The summed E-state index contributed by atoms with van der Waals surface area (Å²) in [7, 11) is 0. The zero-order valence-electron chi connectivity index (χ0n) is 8.38. The molecule has 88 valence electrons. The molecule has 1 aliphatic heterocycles. The highest BCUT2D eigenvalue weighted by atomic mass is 19.4. The van der Waals surface area contributed by atoms with Crippen LogP contribution in [0, 0.1) is 0 Å². The van der Waals surface area contributed by atoms with Gasteiger partial charge in [-0.2, -0.15) is 13.2 Å². The van der Waals surface area contributed by atoms with Crippen LogP contribution in [0.1, 0.15) is 17.6 Å². The largest absolute Gasteiger partial charge is 0.433 e. The van der Waals surface area contributed by atoms with Crippen molar-refractivity contribution in [2.24, 2.45) is 0 Å². The second kappa shape index (κ2) is 4.34. The molecule has 1 fully saturated rings. The van der Waals surface area contributed by atoms with Gasteiger partial charge in [-0.05, 0) is 6.07 Å². The topological polar surface area (TPSA) is 49.8 Å². The van der Waals surface area contributed by atoms with Crippen LogP contribution in [0.5, 0.6) is 0 Å². The maximum atomic E-state index is 12.4.